The highest BCUT2D eigenvalue weighted by molar-refractivity contribution is 14.1. The van der Waals surface area contributed by atoms with Crippen LogP contribution in [0.25, 0.3) is 0 Å². The second kappa shape index (κ2) is 8.76. The number of aryl methyl sites for hydroxylation is 5. The molecule has 2 rings (SSSR count). The molecule has 0 saturated carbocycles. The number of benzene rings is 2. The molecule has 0 bridgehead atoms. The van der Waals surface area contributed by atoms with Crippen molar-refractivity contribution in [2.45, 2.75) is 54.1 Å². The van der Waals surface area contributed by atoms with Crippen LogP contribution in [0.15, 0.2) is 40.1 Å². The predicted octanol–water partition coefficient (Wildman–Crippen LogP) is 5.99. The fourth-order valence-corrected chi connectivity index (χ4v) is 7.31. The Morgan fingerprint density at radius 2 is 1.45 bits per heavy atom. The fourth-order valence-electron chi connectivity index (χ4n) is 3.16. The molecule has 1 atom stereocenters. The Morgan fingerprint density at radius 1 is 0.931 bits per heavy atom. The van der Waals surface area contributed by atoms with Crippen molar-refractivity contribution in [3.63, 3.8) is 0 Å². The van der Waals surface area contributed by atoms with Crippen LogP contribution in [0.1, 0.15) is 27.8 Å². The first-order valence-corrected chi connectivity index (χ1v) is 12.3. The van der Waals surface area contributed by atoms with Crippen molar-refractivity contribution in [3.05, 3.63) is 58.1 Å². The van der Waals surface area contributed by atoms with Crippen LogP contribution in [-0.4, -0.2) is 23.9 Å². The van der Waals surface area contributed by atoms with Crippen LogP contribution in [0, 0.1) is 34.6 Å². The number of thioether (sulfide) groups is 1. The molecule has 1 N–H and O–H groups in total. The first kappa shape index (κ1) is 24.5. The summed E-state index contributed by atoms with van der Waals surface area (Å²) in [6.45, 7) is 8.70. The van der Waals surface area contributed by atoms with Gasteiger partial charge in [-0.05, 0) is 80.0 Å². The Morgan fingerprint density at radius 3 is 1.93 bits per heavy atom. The van der Waals surface area contributed by atoms with E-state index < -0.39 is 25.5 Å². The zero-order valence-electron chi connectivity index (χ0n) is 16.7. The van der Waals surface area contributed by atoms with Gasteiger partial charge in [0.1, 0.15) is 0 Å². The summed E-state index contributed by atoms with van der Waals surface area (Å²) in [5, 5.41) is 0. The SMILES string of the molecule is Cc1ccc(SCC(I)(NS(=O)(=O)c2c(C)cc(C)cc2C)C(F)(F)F)c(C)c1. The second-order valence-electron chi connectivity index (χ2n) is 7.19. The number of sulfonamides is 1. The van der Waals surface area contributed by atoms with E-state index in [0.29, 0.717) is 16.0 Å². The van der Waals surface area contributed by atoms with Gasteiger partial charge in [0, 0.05) is 10.6 Å². The van der Waals surface area contributed by atoms with Gasteiger partial charge in [-0.1, -0.05) is 35.4 Å². The number of nitrogens with one attached hydrogen (secondary N) is 1. The highest BCUT2D eigenvalue weighted by Crippen LogP contribution is 2.42. The molecule has 160 valence electrons. The maximum absolute atomic E-state index is 13.9. The van der Waals surface area contributed by atoms with Crippen LogP contribution < -0.4 is 4.72 Å². The quantitative estimate of drug-likeness (QED) is 0.205. The van der Waals surface area contributed by atoms with E-state index in [9.17, 15) is 21.6 Å². The zero-order valence-corrected chi connectivity index (χ0v) is 20.5. The molecule has 3 nitrogen and oxygen atoms in total. The monoisotopic (exact) mass is 557 g/mol. The van der Waals surface area contributed by atoms with Gasteiger partial charge in [-0.3, -0.25) is 0 Å². The van der Waals surface area contributed by atoms with Gasteiger partial charge in [0.25, 0.3) is 0 Å². The molecule has 0 heterocycles. The summed E-state index contributed by atoms with van der Waals surface area (Å²) in [5.41, 5.74) is 3.54. The van der Waals surface area contributed by atoms with E-state index in [4.69, 9.17) is 0 Å². The summed E-state index contributed by atoms with van der Waals surface area (Å²) in [4.78, 5) is 0.577. The van der Waals surface area contributed by atoms with E-state index in [2.05, 4.69) is 0 Å². The van der Waals surface area contributed by atoms with Crippen LogP contribution in [0.3, 0.4) is 0 Å². The van der Waals surface area contributed by atoms with Crippen molar-refractivity contribution in [2.75, 3.05) is 5.75 Å². The average Bonchev–Trinajstić information content (AvgIpc) is 2.51. The van der Waals surface area contributed by atoms with E-state index in [1.165, 1.54) is 22.6 Å². The minimum Gasteiger partial charge on any atom is -0.207 e. The van der Waals surface area contributed by atoms with Crippen LogP contribution >= 0.6 is 34.4 Å². The average molecular weight is 557 g/mol. The number of hydrogen-bond acceptors (Lipinski definition) is 3. The van der Waals surface area contributed by atoms with E-state index in [0.717, 1.165) is 28.5 Å². The lowest BCUT2D eigenvalue weighted by molar-refractivity contribution is -0.151. The number of halogens is 4. The van der Waals surface area contributed by atoms with Crippen molar-refractivity contribution in [2.24, 2.45) is 0 Å². The topological polar surface area (TPSA) is 46.2 Å². The van der Waals surface area contributed by atoms with E-state index in [1.54, 1.807) is 32.0 Å². The molecule has 2 aromatic rings. The van der Waals surface area contributed by atoms with Crippen molar-refractivity contribution >= 4 is 44.4 Å². The molecule has 0 aliphatic heterocycles. The Balaban J connectivity index is 2.40. The van der Waals surface area contributed by atoms with Crippen molar-refractivity contribution in [1.29, 1.82) is 0 Å². The largest absolute Gasteiger partial charge is 0.417 e. The van der Waals surface area contributed by atoms with Crippen LogP contribution in [0.5, 0.6) is 0 Å². The second-order valence-corrected chi connectivity index (χ2v) is 11.7. The third kappa shape index (κ3) is 5.68. The van der Waals surface area contributed by atoms with Crippen LogP contribution in [0.2, 0.25) is 0 Å². The predicted molar refractivity (Wildman–Crippen MR) is 120 cm³/mol. The third-order valence-corrected chi connectivity index (χ3v) is 9.67. The maximum Gasteiger partial charge on any atom is 0.417 e. The summed E-state index contributed by atoms with van der Waals surface area (Å²) in [5.74, 6) is -0.496. The molecule has 1 unspecified atom stereocenters. The Hall–Kier alpha value is -0.780. The first-order valence-electron chi connectivity index (χ1n) is 8.74. The lowest BCUT2D eigenvalue weighted by atomic mass is 10.1. The van der Waals surface area contributed by atoms with Crippen LogP contribution in [-0.2, 0) is 10.0 Å². The van der Waals surface area contributed by atoms with Gasteiger partial charge in [-0.2, -0.15) is 17.9 Å². The summed E-state index contributed by atoms with van der Waals surface area (Å²) in [6.07, 6.45) is -4.78. The summed E-state index contributed by atoms with van der Waals surface area (Å²) in [6, 6.07) is 8.75. The van der Waals surface area contributed by atoms with Crippen molar-refractivity contribution < 1.29 is 21.6 Å². The van der Waals surface area contributed by atoms with Crippen molar-refractivity contribution in [1.82, 2.24) is 4.72 Å². The van der Waals surface area contributed by atoms with Gasteiger partial charge in [0.05, 0.1) is 4.90 Å². The van der Waals surface area contributed by atoms with Gasteiger partial charge in [0.15, 0.2) is 3.55 Å². The standard InChI is InChI=1S/C20H23F3INO2S2/c1-12-6-7-17(14(3)8-12)28-11-19(24,20(21,22)23)25-29(26,27)18-15(4)9-13(2)10-16(18)5/h6-10,25H,11H2,1-5H3. The van der Waals surface area contributed by atoms with Gasteiger partial charge >= 0.3 is 6.18 Å². The molecule has 0 amide bonds. The van der Waals surface area contributed by atoms with Gasteiger partial charge < -0.3 is 0 Å². The molecular formula is C20H23F3INO2S2. The first-order chi connectivity index (χ1) is 13.2. The molecule has 0 fully saturated rings. The molecular weight excluding hydrogens is 534 g/mol. The summed E-state index contributed by atoms with van der Waals surface area (Å²) < 4.78 is 67.0. The Kier molecular flexibility index (Phi) is 7.40. The molecule has 0 saturated heterocycles. The number of rotatable bonds is 6. The van der Waals surface area contributed by atoms with Crippen molar-refractivity contribution in [3.8, 4) is 0 Å². The van der Waals surface area contributed by atoms with E-state index >= 15 is 0 Å². The van der Waals surface area contributed by atoms with E-state index in [1.807, 2.05) is 37.6 Å². The van der Waals surface area contributed by atoms with E-state index in [-0.39, 0.29) is 4.90 Å². The molecule has 0 radical (unpaired) electrons. The van der Waals surface area contributed by atoms with Gasteiger partial charge in [0.2, 0.25) is 10.0 Å². The fraction of sp³-hybridized carbons (Fsp3) is 0.400. The zero-order chi connectivity index (χ0) is 22.2. The number of hydrogen-bond donors (Lipinski definition) is 1. The maximum atomic E-state index is 13.9. The molecule has 2 aromatic carbocycles. The number of alkyl halides is 4. The smallest absolute Gasteiger partial charge is 0.207 e. The Bertz CT molecular complexity index is 1000. The summed E-state index contributed by atoms with van der Waals surface area (Å²) in [7, 11) is -4.39. The molecule has 9 heteroatoms. The molecule has 0 aromatic heterocycles. The van der Waals surface area contributed by atoms with Gasteiger partial charge in [-0.25, -0.2) is 8.42 Å². The molecule has 29 heavy (non-hydrogen) atoms. The molecule has 0 aliphatic rings. The minimum atomic E-state index is -4.78. The van der Waals surface area contributed by atoms with Crippen LogP contribution in [0.4, 0.5) is 13.2 Å². The highest BCUT2D eigenvalue weighted by Gasteiger charge is 2.55. The Labute approximate surface area is 188 Å². The molecule has 0 aliphatic carbocycles. The molecule has 0 spiro atoms. The lowest BCUT2D eigenvalue weighted by Gasteiger charge is -2.31. The summed E-state index contributed by atoms with van der Waals surface area (Å²) >= 11 is 2.15. The highest BCUT2D eigenvalue weighted by atomic mass is 127. The normalized spacial score (nSPS) is 14.7. The minimum absolute atomic E-state index is 0.107. The lowest BCUT2D eigenvalue weighted by Crippen LogP contribution is -2.55. The van der Waals surface area contributed by atoms with Gasteiger partial charge in [-0.15, -0.1) is 11.8 Å². The third-order valence-electron chi connectivity index (χ3n) is 4.38.